The number of ketones is 1. The fourth-order valence-corrected chi connectivity index (χ4v) is 7.77. The SMILES string of the molecule is C=C(C)[C@]1(O)CCC2C3CCC4=CC(=O)CCC4=C3C(c3ccc(S(C)(=O)=O)cc3)OCC21C. The second-order valence-corrected chi connectivity index (χ2v) is 13.0. The van der Waals surface area contributed by atoms with Crippen LogP contribution >= 0.6 is 0 Å². The van der Waals surface area contributed by atoms with Gasteiger partial charge in [-0.15, -0.1) is 0 Å². The van der Waals surface area contributed by atoms with E-state index in [9.17, 15) is 18.3 Å². The van der Waals surface area contributed by atoms with Gasteiger partial charge in [-0.25, -0.2) is 8.42 Å². The lowest BCUT2D eigenvalue weighted by Gasteiger charge is -2.45. The van der Waals surface area contributed by atoms with E-state index in [0.29, 0.717) is 25.9 Å². The molecule has 1 heterocycles. The van der Waals surface area contributed by atoms with E-state index in [-0.39, 0.29) is 28.6 Å². The summed E-state index contributed by atoms with van der Waals surface area (Å²) < 4.78 is 30.7. The summed E-state index contributed by atoms with van der Waals surface area (Å²) in [6.45, 7) is 8.59. The Hall–Kier alpha value is -2.02. The van der Waals surface area contributed by atoms with Crippen molar-refractivity contribution in [1.82, 2.24) is 0 Å². The number of carbonyl (C=O) groups excluding carboxylic acids is 1. The maximum absolute atomic E-state index is 12.2. The third-order valence-electron chi connectivity index (χ3n) is 9.03. The average molecular weight is 483 g/mol. The van der Waals surface area contributed by atoms with E-state index in [1.54, 1.807) is 12.1 Å². The van der Waals surface area contributed by atoms with Crippen molar-refractivity contribution in [2.45, 2.75) is 69.0 Å². The Bertz CT molecular complexity index is 1220. The van der Waals surface area contributed by atoms with Gasteiger partial charge >= 0.3 is 0 Å². The lowest BCUT2D eigenvalue weighted by Crippen LogP contribution is -2.49. The van der Waals surface area contributed by atoms with Crippen molar-refractivity contribution in [2.24, 2.45) is 17.3 Å². The summed E-state index contributed by atoms with van der Waals surface area (Å²) in [5.74, 6) is 0.667. The molecule has 6 heteroatoms. The molecule has 5 rings (SSSR count). The molecule has 0 spiro atoms. The second kappa shape index (κ2) is 8.00. The number of benzene rings is 1. The molecule has 1 aromatic rings. The molecule has 4 unspecified atom stereocenters. The van der Waals surface area contributed by atoms with Crippen LogP contribution in [0.25, 0.3) is 0 Å². The molecule has 182 valence electrons. The number of allylic oxidation sites excluding steroid dienone is 3. The van der Waals surface area contributed by atoms with E-state index >= 15 is 0 Å². The number of ether oxygens (including phenoxy) is 1. The maximum Gasteiger partial charge on any atom is 0.175 e. The van der Waals surface area contributed by atoms with E-state index in [4.69, 9.17) is 4.74 Å². The minimum atomic E-state index is -3.30. The highest BCUT2D eigenvalue weighted by molar-refractivity contribution is 7.90. The molecule has 0 amide bonds. The zero-order chi connectivity index (χ0) is 24.5. The molecular weight excluding hydrogens is 448 g/mol. The van der Waals surface area contributed by atoms with E-state index in [2.05, 4.69) is 13.5 Å². The highest BCUT2D eigenvalue weighted by Crippen LogP contribution is 2.63. The first kappa shape index (κ1) is 23.7. The Morgan fingerprint density at radius 1 is 1.15 bits per heavy atom. The van der Waals surface area contributed by atoms with Crippen molar-refractivity contribution >= 4 is 15.6 Å². The van der Waals surface area contributed by atoms with E-state index in [0.717, 1.165) is 36.0 Å². The van der Waals surface area contributed by atoms with Crippen LogP contribution in [0.5, 0.6) is 0 Å². The molecule has 34 heavy (non-hydrogen) atoms. The summed E-state index contributed by atoms with van der Waals surface area (Å²) in [5, 5.41) is 11.8. The third kappa shape index (κ3) is 3.49. The van der Waals surface area contributed by atoms with Crippen molar-refractivity contribution < 1.29 is 23.1 Å². The van der Waals surface area contributed by atoms with Crippen LogP contribution in [0.15, 0.2) is 64.1 Å². The molecule has 0 radical (unpaired) electrons. The Balaban J connectivity index is 1.67. The molecule has 5 atom stereocenters. The Morgan fingerprint density at radius 2 is 1.85 bits per heavy atom. The molecule has 1 aromatic carbocycles. The van der Waals surface area contributed by atoms with Gasteiger partial charge in [0.15, 0.2) is 15.6 Å². The maximum atomic E-state index is 12.2. The van der Waals surface area contributed by atoms with Crippen LogP contribution in [0, 0.1) is 17.3 Å². The highest BCUT2D eigenvalue weighted by Gasteiger charge is 2.61. The average Bonchev–Trinajstić information content (AvgIpc) is 2.97. The van der Waals surface area contributed by atoms with Crippen LogP contribution in [-0.4, -0.2) is 37.8 Å². The van der Waals surface area contributed by atoms with Crippen molar-refractivity contribution in [3.05, 3.63) is 64.8 Å². The minimum Gasteiger partial charge on any atom is -0.385 e. The molecule has 1 saturated heterocycles. The minimum absolute atomic E-state index is 0.184. The summed E-state index contributed by atoms with van der Waals surface area (Å²) in [4.78, 5) is 12.5. The summed E-state index contributed by atoms with van der Waals surface area (Å²) in [6, 6.07) is 7.00. The molecular formula is C28H34O5S. The van der Waals surface area contributed by atoms with Crippen molar-refractivity contribution in [1.29, 1.82) is 0 Å². The first-order chi connectivity index (χ1) is 16.0. The number of aliphatic hydroxyl groups is 1. The first-order valence-corrected chi connectivity index (χ1v) is 14.1. The normalized spacial score (nSPS) is 35.7. The number of rotatable bonds is 3. The Morgan fingerprint density at radius 3 is 2.50 bits per heavy atom. The molecule has 3 aliphatic carbocycles. The lowest BCUT2D eigenvalue weighted by molar-refractivity contribution is -0.114. The van der Waals surface area contributed by atoms with Crippen LogP contribution in [0.2, 0.25) is 0 Å². The zero-order valence-electron chi connectivity index (χ0n) is 20.3. The molecule has 1 saturated carbocycles. The molecule has 5 nitrogen and oxygen atoms in total. The first-order valence-electron chi connectivity index (χ1n) is 12.2. The predicted octanol–water partition coefficient (Wildman–Crippen LogP) is 4.88. The van der Waals surface area contributed by atoms with Gasteiger partial charge in [0.1, 0.15) is 6.10 Å². The van der Waals surface area contributed by atoms with Gasteiger partial charge in [-0.05, 0) is 96.9 Å². The van der Waals surface area contributed by atoms with Crippen LogP contribution < -0.4 is 0 Å². The van der Waals surface area contributed by atoms with Crippen molar-refractivity contribution in [2.75, 3.05) is 12.9 Å². The van der Waals surface area contributed by atoms with Crippen molar-refractivity contribution in [3.8, 4) is 0 Å². The van der Waals surface area contributed by atoms with E-state index < -0.39 is 20.9 Å². The molecule has 2 fully saturated rings. The predicted molar refractivity (Wildman–Crippen MR) is 131 cm³/mol. The summed E-state index contributed by atoms with van der Waals surface area (Å²) in [7, 11) is -3.30. The molecule has 0 bridgehead atoms. The molecule has 1 aliphatic heterocycles. The quantitative estimate of drug-likeness (QED) is 0.621. The number of hydrogen-bond acceptors (Lipinski definition) is 5. The topological polar surface area (TPSA) is 80.7 Å². The van der Waals surface area contributed by atoms with Crippen LogP contribution in [0.1, 0.15) is 64.0 Å². The summed E-state index contributed by atoms with van der Waals surface area (Å²) in [6.07, 6.45) is 7.29. The van der Waals surface area contributed by atoms with Gasteiger partial charge in [0.05, 0.1) is 17.1 Å². The third-order valence-corrected chi connectivity index (χ3v) is 10.2. The summed E-state index contributed by atoms with van der Waals surface area (Å²) >= 11 is 0. The number of fused-ring (bicyclic) bond motifs is 4. The monoisotopic (exact) mass is 482 g/mol. The van der Waals surface area contributed by atoms with Crippen LogP contribution in [-0.2, 0) is 19.4 Å². The molecule has 1 N–H and O–H groups in total. The molecule has 0 aromatic heterocycles. The van der Waals surface area contributed by atoms with Crippen LogP contribution in [0.4, 0.5) is 0 Å². The van der Waals surface area contributed by atoms with Gasteiger partial charge in [-0.2, -0.15) is 0 Å². The van der Waals surface area contributed by atoms with Crippen molar-refractivity contribution in [3.63, 3.8) is 0 Å². The van der Waals surface area contributed by atoms with Crippen LogP contribution in [0.3, 0.4) is 0 Å². The highest BCUT2D eigenvalue weighted by atomic mass is 32.2. The fraction of sp³-hybridized carbons (Fsp3) is 0.536. The van der Waals surface area contributed by atoms with Gasteiger partial charge in [0.2, 0.25) is 0 Å². The second-order valence-electron chi connectivity index (χ2n) is 11.0. The summed E-state index contributed by atoms with van der Waals surface area (Å²) in [5.41, 5.74) is 3.84. The van der Waals surface area contributed by atoms with Gasteiger partial charge in [-0.1, -0.05) is 25.6 Å². The van der Waals surface area contributed by atoms with Gasteiger partial charge < -0.3 is 9.84 Å². The van der Waals surface area contributed by atoms with E-state index in [1.807, 2.05) is 25.1 Å². The Labute approximate surface area is 202 Å². The smallest absolute Gasteiger partial charge is 0.175 e. The van der Waals surface area contributed by atoms with Gasteiger partial charge in [-0.3, -0.25) is 4.79 Å². The standard InChI is InChI=1S/C28H34O5S/c1-17(2)28(30)14-13-24-23-11-7-19-15-20(29)8-12-22(19)25(23)26(33-16-27(24,28)3)18-5-9-21(10-6-18)34(4,31)32/h5-6,9-10,15,23-24,26,30H,1,7-8,11-14,16H2,2-4H3/t23?,24?,26?,27?,28-/m1/s1. The lowest BCUT2D eigenvalue weighted by atomic mass is 9.61. The zero-order valence-corrected chi connectivity index (χ0v) is 21.1. The fourth-order valence-electron chi connectivity index (χ4n) is 7.14. The number of hydrogen-bond donors (Lipinski definition) is 1. The Kier molecular flexibility index (Phi) is 5.58. The number of carbonyl (C=O) groups is 1. The van der Waals surface area contributed by atoms with E-state index in [1.165, 1.54) is 17.4 Å². The molecule has 4 aliphatic rings. The number of sulfone groups is 1. The van der Waals surface area contributed by atoms with Gasteiger partial charge in [0, 0.05) is 18.1 Å². The van der Waals surface area contributed by atoms with Gasteiger partial charge in [0.25, 0.3) is 0 Å². The largest absolute Gasteiger partial charge is 0.385 e.